The van der Waals surface area contributed by atoms with Crippen molar-refractivity contribution in [1.29, 1.82) is 0 Å². The Hall–Kier alpha value is -2.60. The number of rotatable bonds is 3. The molecule has 1 aliphatic heterocycles. The van der Waals surface area contributed by atoms with Crippen LogP contribution in [-0.4, -0.2) is 26.6 Å². The molecule has 0 spiro atoms. The number of benzene rings is 1. The number of hydrogen-bond acceptors (Lipinski definition) is 5. The lowest BCUT2D eigenvalue weighted by Gasteiger charge is -2.19. The minimum atomic E-state index is 0.0864. The third-order valence-electron chi connectivity index (χ3n) is 4.19. The van der Waals surface area contributed by atoms with Gasteiger partial charge in [-0.2, -0.15) is 5.10 Å². The molecule has 1 unspecified atom stereocenters. The summed E-state index contributed by atoms with van der Waals surface area (Å²) in [6.07, 6.45) is 3.75. The molecule has 0 aliphatic carbocycles. The standard InChI is InChI=1S/C18H18ClN5O/c1-12-9-10-24(23-12)17-8-7-16(21-22-17)20-15-6-3-11-25-18-13(15)4-2-5-14(18)19/h2,4-5,7-10,15H,3,6,11H2,1H3,(H,20,21). The number of nitrogens with zero attached hydrogens (tertiary/aromatic N) is 4. The Kier molecular flexibility index (Phi) is 4.28. The first-order valence-electron chi connectivity index (χ1n) is 8.25. The highest BCUT2D eigenvalue weighted by atomic mass is 35.5. The summed E-state index contributed by atoms with van der Waals surface area (Å²) in [7, 11) is 0. The first kappa shape index (κ1) is 15.9. The van der Waals surface area contributed by atoms with Crippen molar-refractivity contribution in [3.63, 3.8) is 0 Å². The summed E-state index contributed by atoms with van der Waals surface area (Å²) in [4.78, 5) is 0. The molecule has 0 radical (unpaired) electrons. The van der Waals surface area contributed by atoms with E-state index in [0.717, 1.165) is 29.8 Å². The highest BCUT2D eigenvalue weighted by molar-refractivity contribution is 6.32. The maximum atomic E-state index is 6.28. The van der Waals surface area contributed by atoms with E-state index in [9.17, 15) is 0 Å². The van der Waals surface area contributed by atoms with E-state index in [1.54, 1.807) is 4.68 Å². The molecule has 1 aliphatic rings. The van der Waals surface area contributed by atoms with Crippen molar-refractivity contribution in [3.05, 3.63) is 58.9 Å². The number of anilines is 1. The molecule has 1 N–H and O–H groups in total. The van der Waals surface area contributed by atoms with Gasteiger partial charge in [0.25, 0.3) is 0 Å². The average Bonchev–Trinajstić information content (AvgIpc) is 2.95. The van der Waals surface area contributed by atoms with Gasteiger partial charge in [-0.1, -0.05) is 23.7 Å². The molecule has 1 atom stereocenters. The van der Waals surface area contributed by atoms with Crippen molar-refractivity contribution >= 4 is 17.4 Å². The van der Waals surface area contributed by atoms with Crippen molar-refractivity contribution in [2.45, 2.75) is 25.8 Å². The summed E-state index contributed by atoms with van der Waals surface area (Å²) in [5.74, 6) is 2.16. The first-order valence-corrected chi connectivity index (χ1v) is 8.62. The first-order chi connectivity index (χ1) is 12.2. The van der Waals surface area contributed by atoms with Crippen molar-refractivity contribution in [1.82, 2.24) is 20.0 Å². The number of hydrogen-bond donors (Lipinski definition) is 1. The topological polar surface area (TPSA) is 64.9 Å². The van der Waals surface area contributed by atoms with E-state index in [-0.39, 0.29) is 6.04 Å². The Labute approximate surface area is 150 Å². The molecule has 0 fully saturated rings. The maximum Gasteiger partial charge on any atom is 0.175 e. The lowest BCUT2D eigenvalue weighted by molar-refractivity contribution is 0.316. The molecular weight excluding hydrogens is 338 g/mol. The Morgan fingerprint density at radius 3 is 2.88 bits per heavy atom. The van der Waals surface area contributed by atoms with Crippen LogP contribution in [-0.2, 0) is 0 Å². The van der Waals surface area contributed by atoms with Crippen LogP contribution in [0.5, 0.6) is 5.75 Å². The van der Waals surface area contributed by atoms with Gasteiger partial charge >= 0.3 is 0 Å². The van der Waals surface area contributed by atoms with Crippen LogP contribution in [0.25, 0.3) is 5.82 Å². The molecule has 1 aromatic carbocycles. The highest BCUT2D eigenvalue weighted by Crippen LogP contribution is 2.38. The predicted octanol–water partition coefficient (Wildman–Crippen LogP) is 3.95. The lowest BCUT2D eigenvalue weighted by Crippen LogP contribution is -2.12. The fraction of sp³-hybridized carbons (Fsp3) is 0.278. The second-order valence-corrected chi connectivity index (χ2v) is 6.43. The summed E-state index contributed by atoms with van der Waals surface area (Å²) < 4.78 is 7.52. The molecule has 25 heavy (non-hydrogen) atoms. The number of halogens is 1. The Bertz CT molecular complexity index is 877. The lowest BCUT2D eigenvalue weighted by atomic mass is 10.0. The molecule has 4 rings (SSSR count). The zero-order valence-corrected chi connectivity index (χ0v) is 14.6. The van der Waals surface area contributed by atoms with Crippen molar-refractivity contribution in [3.8, 4) is 11.6 Å². The number of aromatic nitrogens is 4. The van der Waals surface area contributed by atoms with Gasteiger partial charge in [-0.3, -0.25) is 0 Å². The van der Waals surface area contributed by atoms with Gasteiger partial charge in [0.05, 0.1) is 23.4 Å². The summed E-state index contributed by atoms with van der Waals surface area (Å²) >= 11 is 6.28. The van der Waals surface area contributed by atoms with E-state index in [1.807, 2.05) is 49.5 Å². The molecule has 0 amide bonds. The van der Waals surface area contributed by atoms with Gasteiger partial charge in [-0.25, -0.2) is 4.68 Å². The van der Waals surface area contributed by atoms with Crippen LogP contribution in [0.2, 0.25) is 5.02 Å². The van der Waals surface area contributed by atoms with Crippen LogP contribution < -0.4 is 10.1 Å². The average molecular weight is 356 g/mol. The molecular formula is C18H18ClN5O. The number of nitrogens with one attached hydrogen (secondary N) is 1. The van der Waals surface area contributed by atoms with Gasteiger partial charge in [-0.15, -0.1) is 10.2 Å². The van der Waals surface area contributed by atoms with Crippen LogP contribution in [0.3, 0.4) is 0 Å². The van der Waals surface area contributed by atoms with E-state index >= 15 is 0 Å². The molecule has 2 aromatic heterocycles. The number of para-hydroxylation sites is 1. The molecule has 0 saturated heterocycles. The molecule has 128 valence electrons. The minimum absolute atomic E-state index is 0.0864. The fourth-order valence-corrected chi connectivity index (χ4v) is 3.20. The molecule has 0 bridgehead atoms. The molecule has 3 aromatic rings. The van der Waals surface area contributed by atoms with Crippen LogP contribution >= 0.6 is 11.6 Å². The second kappa shape index (κ2) is 6.72. The highest BCUT2D eigenvalue weighted by Gasteiger charge is 2.22. The zero-order valence-electron chi connectivity index (χ0n) is 13.8. The number of ether oxygens (including phenoxy) is 1. The summed E-state index contributed by atoms with van der Waals surface area (Å²) in [6, 6.07) is 11.7. The summed E-state index contributed by atoms with van der Waals surface area (Å²) in [6.45, 7) is 2.61. The van der Waals surface area contributed by atoms with Crippen LogP contribution in [0.1, 0.15) is 30.1 Å². The van der Waals surface area contributed by atoms with E-state index in [2.05, 4.69) is 20.6 Å². The van der Waals surface area contributed by atoms with Gasteiger partial charge in [0.2, 0.25) is 0 Å². The zero-order chi connectivity index (χ0) is 17.2. The molecule has 0 saturated carbocycles. The number of aryl methyl sites for hydroxylation is 1. The van der Waals surface area contributed by atoms with Crippen molar-refractivity contribution in [2.75, 3.05) is 11.9 Å². The van der Waals surface area contributed by atoms with Crippen LogP contribution in [0, 0.1) is 6.92 Å². The Morgan fingerprint density at radius 1 is 1.20 bits per heavy atom. The molecule has 7 heteroatoms. The van der Waals surface area contributed by atoms with Gasteiger partial charge < -0.3 is 10.1 Å². The van der Waals surface area contributed by atoms with Gasteiger partial charge in [-0.05, 0) is 44.0 Å². The van der Waals surface area contributed by atoms with E-state index < -0.39 is 0 Å². The molecule has 6 nitrogen and oxygen atoms in total. The van der Waals surface area contributed by atoms with Crippen LogP contribution in [0.15, 0.2) is 42.6 Å². The van der Waals surface area contributed by atoms with Gasteiger partial charge in [0.1, 0.15) is 11.6 Å². The van der Waals surface area contributed by atoms with Crippen molar-refractivity contribution < 1.29 is 4.74 Å². The number of fused-ring (bicyclic) bond motifs is 1. The summed E-state index contributed by atoms with van der Waals surface area (Å²) in [5, 5.41) is 17.0. The van der Waals surface area contributed by atoms with E-state index in [4.69, 9.17) is 16.3 Å². The van der Waals surface area contributed by atoms with E-state index in [0.29, 0.717) is 23.3 Å². The smallest absolute Gasteiger partial charge is 0.175 e. The third-order valence-corrected chi connectivity index (χ3v) is 4.48. The minimum Gasteiger partial charge on any atom is -0.492 e. The van der Waals surface area contributed by atoms with Gasteiger partial charge in [0, 0.05) is 11.8 Å². The van der Waals surface area contributed by atoms with Crippen LogP contribution in [0.4, 0.5) is 5.82 Å². The Balaban J connectivity index is 1.57. The normalized spacial score (nSPS) is 16.6. The monoisotopic (exact) mass is 355 g/mol. The van der Waals surface area contributed by atoms with E-state index in [1.165, 1.54) is 0 Å². The summed E-state index contributed by atoms with van der Waals surface area (Å²) in [5.41, 5.74) is 1.99. The largest absolute Gasteiger partial charge is 0.492 e. The quantitative estimate of drug-likeness (QED) is 0.770. The maximum absolute atomic E-state index is 6.28. The SMILES string of the molecule is Cc1ccn(-c2ccc(NC3CCCOc4c(Cl)cccc43)nn2)n1. The van der Waals surface area contributed by atoms with Gasteiger partial charge in [0.15, 0.2) is 5.82 Å². The third kappa shape index (κ3) is 3.30. The Morgan fingerprint density at radius 2 is 2.12 bits per heavy atom. The predicted molar refractivity (Wildman–Crippen MR) is 96.4 cm³/mol. The molecule has 3 heterocycles. The second-order valence-electron chi connectivity index (χ2n) is 6.02. The fourth-order valence-electron chi connectivity index (χ4n) is 2.96. The van der Waals surface area contributed by atoms with Crippen molar-refractivity contribution in [2.24, 2.45) is 0 Å².